The largest absolute Gasteiger partial charge is 0.387 e. The van der Waals surface area contributed by atoms with E-state index in [4.69, 9.17) is 5.11 Å². The number of nitrogens with zero attached hydrogens (tertiary/aromatic N) is 1. The molecule has 1 aliphatic rings. The second-order valence-electron chi connectivity index (χ2n) is 3.25. The quantitative estimate of drug-likeness (QED) is 0.688. The van der Waals surface area contributed by atoms with Gasteiger partial charge >= 0.3 is 0 Å². The van der Waals surface area contributed by atoms with E-state index in [1.807, 2.05) is 0 Å². The van der Waals surface area contributed by atoms with Crippen LogP contribution < -0.4 is 0 Å². The molecule has 1 heterocycles. The average Bonchev–Trinajstić information content (AvgIpc) is 2.15. The molecule has 0 radical (unpaired) electrons. The summed E-state index contributed by atoms with van der Waals surface area (Å²) in [5.41, 5.74) is 0. The Bertz CT molecular complexity index is 223. The predicted molar refractivity (Wildman–Crippen MR) is 44.0 cm³/mol. The van der Waals surface area contributed by atoms with Crippen molar-refractivity contribution >= 4 is 5.91 Å². The molecule has 0 aromatic carbocycles. The van der Waals surface area contributed by atoms with Gasteiger partial charge in [0.1, 0.15) is 12.7 Å². The van der Waals surface area contributed by atoms with E-state index < -0.39 is 31.1 Å². The second-order valence-corrected chi connectivity index (χ2v) is 3.25. The number of carbonyl (C=O) groups is 1. The number of alkyl halides is 2. The van der Waals surface area contributed by atoms with Crippen LogP contribution in [0.2, 0.25) is 0 Å². The van der Waals surface area contributed by atoms with Crippen LogP contribution in [-0.4, -0.2) is 54.7 Å². The number of aliphatic hydroxyl groups excluding tert-OH is 1. The van der Waals surface area contributed by atoms with Crippen molar-refractivity contribution in [2.45, 2.75) is 18.4 Å². The first-order valence-corrected chi connectivity index (χ1v) is 4.30. The van der Waals surface area contributed by atoms with Crippen molar-refractivity contribution < 1.29 is 23.4 Å². The summed E-state index contributed by atoms with van der Waals surface area (Å²) in [6.07, 6.45) is -1.04. The first-order chi connectivity index (χ1) is 6.51. The molecule has 0 aliphatic carbocycles. The third-order valence-electron chi connectivity index (χ3n) is 2.31. The summed E-state index contributed by atoms with van der Waals surface area (Å²) in [5, 5.41) is 8.51. The highest BCUT2D eigenvalue weighted by atomic mass is 19.3. The fourth-order valence-corrected chi connectivity index (χ4v) is 1.52. The average molecular weight is 209 g/mol. The fourth-order valence-electron chi connectivity index (χ4n) is 1.52. The van der Waals surface area contributed by atoms with E-state index in [0.717, 1.165) is 4.90 Å². The summed E-state index contributed by atoms with van der Waals surface area (Å²) in [4.78, 5) is 11.9. The third kappa shape index (κ3) is 2.19. The number of likely N-dealkylation sites (tertiary alicyclic amines) is 1. The minimum absolute atomic E-state index is 0.0925. The molecule has 82 valence electrons. The van der Waals surface area contributed by atoms with Gasteiger partial charge < -0.3 is 14.7 Å². The zero-order valence-corrected chi connectivity index (χ0v) is 7.87. The molecule has 0 aromatic heterocycles. The fraction of sp³-hybridized carbons (Fsp3) is 0.875. The molecule has 0 saturated carbocycles. The van der Waals surface area contributed by atoms with Crippen LogP contribution in [0.3, 0.4) is 0 Å². The summed E-state index contributed by atoms with van der Waals surface area (Å²) in [6, 6.07) is 0. The SMILES string of the molecule is CO[C@@H]1CCN(C(=O)CO)CC1(F)F. The highest BCUT2D eigenvalue weighted by molar-refractivity contribution is 5.77. The zero-order chi connectivity index (χ0) is 10.8. The van der Waals surface area contributed by atoms with E-state index >= 15 is 0 Å². The molecule has 1 N–H and O–H groups in total. The highest BCUT2D eigenvalue weighted by Gasteiger charge is 2.45. The molecule has 1 rings (SSSR count). The van der Waals surface area contributed by atoms with E-state index in [0.29, 0.717) is 0 Å². The van der Waals surface area contributed by atoms with Gasteiger partial charge in [-0.25, -0.2) is 8.78 Å². The van der Waals surface area contributed by atoms with Crippen LogP contribution >= 0.6 is 0 Å². The maximum Gasteiger partial charge on any atom is 0.290 e. The minimum Gasteiger partial charge on any atom is -0.387 e. The lowest BCUT2D eigenvalue weighted by Crippen LogP contribution is -2.54. The molecule has 1 aliphatic heterocycles. The van der Waals surface area contributed by atoms with Gasteiger partial charge in [-0.05, 0) is 6.42 Å². The molecule has 1 amide bonds. The second kappa shape index (κ2) is 4.18. The van der Waals surface area contributed by atoms with Crippen molar-refractivity contribution in [2.24, 2.45) is 0 Å². The summed E-state index contributed by atoms with van der Waals surface area (Å²) in [6.45, 7) is -1.20. The Balaban J connectivity index is 2.62. The number of hydrogen-bond donors (Lipinski definition) is 1. The van der Waals surface area contributed by atoms with Crippen molar-refractivity contribution in [3.8, 4) is 0 Å². The number of ether oxygens (including phenoxy) is 1. The topological polar surface area (TPSA) is 49.8 Å². The Morgan fingerprint density at radius 1 is 1.71 bits per heavy atom. The molecule has 1 saturated heterocycles. The Morgan fingerprint density at radius 2 is 2.36 bits per heavy atom. The van der Waals surface area contributed by atoms with E-state index in [1.165, 1.54) is 7.11 Å². The van der Waals surface area contributed by atoms with Gasteiger partial charge in [0, 0.05) is 13.7 Å². The monoisotopic (exact) mass is 209 g/mol. The van der Waals surface area contributed by atoms with Gasteiger partial charge in [0.25, 0.3) is 5.92 Å². The zero-order valence-electron chi connectivity index (χ0n) is 7.87. The number of carbonyl (C=O) groups excluding carboxylic acids is 1. The first-order valence-electron chi connectivity index (χ1n) is 4.30. The molecule has 1 atom stereocenters. The molecule has 4 nitrogen and oxygen atoms in total. The number of methoxy groups -OCH3 is 1. The van der Waals surface area contributed by atoms with Gasteiger partial charge in [-0.2, -0.15) is 0 Å². The number of hydrogen-bond acceptors (Lipinski definition) is 3. The maximum absolute atomic E-state index is 13.2. The van der Waals surface area contributed by atoms with Crippen molar-refractivity contribution in [2.75, 3.05) is 26.8 Å². The Labute approximate surface area is 80.4 Å². The number of halogens is 2. The van der Waals surface area contributed by atoms with Crippen LogP contribution in [0.1, 0.15) is 6.42 Å². The Morgan fingerprint density at radius 3 is 2.79 bits per heavy atom. The smallest absolute Gasteiger partial charge is 0.290 e. The van der Waals surface area contributed by atoms with Gasteiger partial charge in [0.15, 0.2) is 0 Å². The van der Waals surface area contributed by atoms with Crippen molar-refractivity contribution in [3.63, 3.8) is 0 Å². The van der Waals surface area contributed by atoms with Gasteiger partial charge in [-0.15, -0.1) is 0 Å². The molecule has 14 heavy (non-hydrogen) atoms. The highest BCUT2D eigenvalue weighted by Crippen LogP contribution is 2.29. The molecule has 0 bridgehead atoms. The van der Waals surface area contributed by atoms with Crippen LogP contribution in [0.5, 0.6) is 0 Å². The molecule has 0 spiro atoms. The van der Waals surface area contributed by atoms with Gasteiger partial charge in [0.05, 0.1) is 6.54 Å². The number of amides is 1. The number of piperidine rings is 1. The van der Waals surface area contributed by atoms with E-state index in [9.17, 15) is 13.6 Å². The normalized spacial score (nSPS) is 26.3. The van der Waals surface area contributed by atoms with Crippen LogP contribution in [0, 0.1) is 0 Å². The van der Waals surface area contributed by atoms with Crippen molar-refractivity contribution in [1.29, 1.82) is 0 Å². The molecule has 1 fully saturated rings. The lowest BCUT2D eigenvalue weighted by Gasteiger charge is -2.37. The Kier molecular flexibility index (Phi) is 3.38. The standard InChI is InChI=1S/C8H13F2NO3/c1-14-6-2-3-11(7(13)4-12)5-8(6,9)10/h6,12H,2-5H2,1H3/t6-/m1/s1. The van der Waals surface area contributed by atoms with Crippen LogP contribution in [0.15, 0.2) is 0 Å². The van der Waals surface area contributed by atoms with E-state index in [-0.39, 0.29) is 13.0 Å². The minimum atomic E-state index is -3.03. The summed E-state index contributed by atoms with van der Waals surface area (Å²) in [5.74, 6) is -3.70. The first kappa shape index (κ1) is 11.3. The van der Waals surface area contributed by atoms with Crippen LogP contribution in [0.4, 0.5) is 8.78 Å². The predicted octanol–water partition coefficient (Wildman–Crippen LogP) is -0.139. The number of rotatable bonds is 2. The molecule has 0 aromatic rings. The van der Waals surface area contributed by atoms with Crippen LogP contribution in [0.25, 0.3) is 0 Å². The van der Waals surface area contributed by atoms with E-state index in [2.05, 4.69) is 4.74 Å². The Hall–Kier alpha value is -0.750. The van der Waals surface area contributed by atoms with Gasteiger partial charge in [-0.3, -0.25) is 4.79 Å². The third-order valence-corrected chi connectivity index (χ3v) is 2.31. The van der Waals surface area contributed by atoms with Gasteiger partial charge in [-0.1, -0.05) is 0 Å². The molecule has 6 heteroatoms. The summed E-state index contributed by atoms with van der Waals surface area (Å²) >= 11 is 0. The summed E-state index contributed by atoms with van der Waals surface area (Å²) < 4.78 is 31.0. The lowest BCUT2D eigenvalue weighted by molar-refractivity contribution is -0.174. The molecular weight excluding hydrogens is 196 g/mol. The summed E-state index contributed by atoms with van der Waals surface area (Å²) in [7, 11) is 1.22. The van der Waals surface area contributed by atoms with E-state index in [1.54, 1.807) is 0 Å². The molecular formula is C8H13F2NO3. The number of aliphatic hydroxyl groups is 1. The van der Waals surface area contributed by atoms with Crippen LogP contribution in [-0.2, 0) is 9.53 Å². The van der Waals surface area contributed by atoms with Crippen molar-refractivity contribution in [3.05, 3.63) is 0 Å². The van der Waals surface area contributed by atoms with Gasteiger partial charge in [0.2, 0.25) is 5.91 Å². The lowest BCUT2D eigenvalue weighted by atomic mass is 10.0. The van der Waals surface area contributed by atoms with Crippen molar-refractivity contribution in [1.82, 2.24) is 4.90 Å². The molecule has 0 unspecified atom stereocenters. The maximum atomic E-state index is 13.2.